The molecule has 1 aromatic rings. The summed E-state index contributed by atoms with van der Waals surface area (Å²) in [6, 6.07) is 9.96. The minimum atomic E-state index is 0.595. The SMILES string of the molecule is Brc1ccc(CN2CCC(NC3CCOC3)CC2)cc1. The monoisotopic (exact) mass is 338 g/mol. The van der Waals surface area contributed by atoms with E-state index < -0.39 is 0 Å². The highest BCUT2D eigenvalue weighted by atomic mass is 79.9. The summed E-state index contributed by atoms with van der Waals surface area (Å²) in [5, 5.41) is 3.75. The molecule has 4 heteroatoms. The Morgan fingerprint density at radius 1 is 1.10 bits per heavy atom. The number of halogens is 1. The van der Waals surface area contributed by atoms with Gasteiger partial charge in [0.05, 0.1) is 6.61 Å². The third-order valence-corrected chi connectivity index (χ3v) is 4.84. The van der Waals surface area contributed by atoms with Gasteiger partial charge in [0, 0.05) is 29.7 Å². The fraction of sp³-hybridized carbons (Fsp3) is 0.625. The van der Waals surface area contributed by atoms with E-state index >= 15 is 0 Å². The fourth-order valence-corrected chi connectivity index (χ4v) is 3.37. The van der Waals surface area contributed by atoms with Gasteiger partial charge < -0.3 is 10.1 Å². The Balaban J connectivity index is 1.42. The molecule has 0 spiro atoms. The lowest BCUT2D eigenvalue weighted by molar-refractivity contribution is 0.168. The standard InChI is InChI=1S/C16H23BrN2O/c17-14-3-1-13(2-4-14)11-19-8-5-15(6-9-19)18-16-7-10-20-12-16/h1-4,15-16,18H,5-12H2. The van der Waals surface area contributed by atoms with Crippen molar-refractivity contribution in [3.63, 3.8) is 0 Å². The first-order chi connectivity index (χ1) is 9.79. The van der Waals surface area contributed by atoms with Gasteiger partial charge >= 0.3 is 0 Å². The molecular weight excluding hydrogens is 316 g/mol. The molecule has 3 rings (SSSR count). The van der Waals surface area contributed by atoms with E-state index in [1.54, 1.807) is 0 Å². The molecular formula is C16H23BrN2O. The molecule has 2 aliphatic heterocycles. The van der Waals surface area contributed by atoms with Crippen molar-refractivity contribution in [3.8, 4) is 0 Å². The van der Waals surface area contributed by atoms with Crippen LogP contribution in [0.25, 0.3) is 0 Å². The number of ether oxygens (including phenoxy) is 1. The van der Waals surface area contributed by atoms with Crippen LogP contribution in [0.5, 0.6) is 0 Å². The Kier molecular flexibility index (Phi) is 5.10. The van der Waals surface area contributed by atoms with Gasteiger partial charge in [0.1, 0.15) is 0 Å². The smallest absolute Gasteiger partial charge is 0.0620 e. The Hall–Kier alpha value is -0.420. The zero-order valence-corrected chi connectivity index (χ0v) is 13.4. The summed E-state index contributed by atoms with van der Waals surface area (Å²) >= 11 is 3.49. The van der Waals surface area contributed by atoms with Gasteiger partial charge in [-0.1, -0.05) is 28.1 Å². The number of nitrogens with one attached hydrogen (secondary N) is 1. The molecule has 2 aliphatic rings. The van der Waals surface area contributed by atoms with E-state index in [-0.39, 0.29) is 0 Å². The molecule has 0 saturated carbocycles. The Bertz CT molecular complexity index is 409. The highest BCUT2D eigenvalue weighted by Gasteiger charge is 2.23. The second-order valence-corrected chi connectivity index (χ2v) is 6.82. The van der Waals surface area contributed by atoms with Crippen LogP contribution in [0.3, 0.4) is 0 Å². The maximum atomic E-state index is 5.43. The number of benzene rings is 1. The van der Waals surface area contributed by atoms with Gasteiger partial charge in [-0.3, -0.25) is 4.90 Å². The van der Waals surface area contributed by atoms with E-state index in [2.05, 4.69) is 50.4 Å². The second kappa shape index (κ2) is 7.03. The summed E-state index contributed by atoms with van der Waals surface area (Å²) in [7, 11) is 0. The lowest BCUT2D eigenvalue weighted by Crippen LogP contribution is -2.46. The number of hydrogen-bond acceptors (Lipinski definition) is 3. The maximum absolute atomic E-state index is 5.43. The van der Waals surface area contributed by atoms with Crippen LogP contribution in [0.2, 0.25) is 0 Å². The molecule has 2 saturated heterocycles. The van der Waals surface area contributed by atoms with Crippen LogP contribution < -0.4 is 5.32 Å². The van der Waals surface area contributed by atoms with Crippen LogP contribution in [0.4, 0.5) is 0 Å². The van der Waals surface area contributed by atoms with Crippen LogP contribution >= 0.6 is 15.9 Å². The average Bonchev–Trinajstić information content (AvgIpc) is 2.96. The quantitative estimate of drug-likeness (QED) is 0.913. The molecule has 1 N–H and O–H groups in total. The minimum absolute atomic E-state index is 0.595. The molecule has 1 unspecified atom stereocenters. The lowest BCUT2D eigenvalue weighted by Gasteiger charge is -2.33. The third kappa shape index (κ3) is 4.04. The minimum Gasteiger partial charge on any atom is -0.380 e. The largest absolute Gasteiger partial charge is 0.380 e. The van der Waals surface area contributed by atoms with E-state index in [1.807, 2.05) is 0 Å². The molecule has 0 radical (unpaired) electrons. The van der Waals surface area contributed by atoms with E-state index in [0.717, 1.165) is 24.2 Å². The maximum Gasteiger partial charge on any atom is 0.0620 e. The molecule has 2 heterocycles. The fourth-order valence-electron chi connectivity index (χ4n) is 3.11. The topological polar surface area (TPSA) is 24.5 Å². The van der Waals surface area contributed by atoms with Crippen LogP contribution in [0, 0.1) is 0 Å². The molecule has 2 fully saturated rings. The van der Waals surface area contributed by atoms with Gasteiger partial charge in [-0.25, -0.2) is 0 Å². The van der Waals surface area contributed by atoms with Crippen molar-refractivity contribution in [3.05, 3.63) is 34.3 Å². The highest BCUT2D eigenvalue weighted by Crippen LogP contribution is 2.17. The second-order valence-electron chi connectivity index (χ2n) is 5.90. The molecule has 1 aromatic carbocycles. The van der Waals surface area contributed by atoms with Crippen LogP contribution in [-0.2, 0) is 11.3 Å². The molecule has 20 heavy (non-hydrogen) atoms. The zero-order valence-electron chi connectivity index (χ0n) is 11.9. The van der Waals surface area contributed by atoms with Gasteiger partial charge in [0.25, 0.3) is 0 Å². The van der Waals surface area contributed by atoms with Crippen molar-refractivity contribution in [2.75, 3.05) is 26.3 Å². The summed E-state index contributed by atoms with van der Waals surface area (Å²) in [4.78, 5) is 2.56. The third-order valence-electron chi connectivity index (χ3n) is 4.31. The van der Waals surface area contributed by atoms with Crippen molar-refractivity contribution in [1.82, 2.24) is 10.2 Å². The molecule has 0 bridgehead atoms. The van der Waals surface area contributed by atoms with Crippen molar-refractivity contribution < 1.29 is 4.74 Å². The Morgan fingerprint density at radius 3 is 2.50 bits per heavy atom. The predicted octanol–water partition coefficient (Wildman–Crippen LogP) is 2.79. The van der Waals surface area contributed by atoms with Crippen LogP contribution in [0.15, 0.2) is 28.7 Å². The van der Waals surface area contributed by atoms with Crippen molar-refractivity contribution in [2.45, 2.75) is 37.9 Å². The Morgan fingerprint density at radius 2 is 1.85 bits per heavy atom. The number of piperidine rings is 1. The number of hydrogen-bond donors (Lipinski definition) is 1. The first-order valence-corrected chi connectivity index (χ1v) is 8.39. The average molecular weight is 339 g/mol. The molecule has 0 aromatic heterocycles. The molecule has 110 valence electrons. The van der Waals surface area contributed by atoms with Crippen LogP contribution in [0.1, 0.15) is 24.8 Å². The normalized spacial score (nSPS) is 25.1. The first-order valence-electron chi connectivity index (χ1n) is 7.60. The first kappa shape index (κ1) is 14.5. The summed E-state index contributed by atoms with van der Waals surface area (Å²) in [5.41, 5.74) is 1.41. The van der Waals surface area contributed by atoms with Gasteiger partial charge in [-0.2, -0.15) is 0 Å². The number of likely N-dealkylation sites (tertiary alicyclic amines) is 1. The van der Waals surface area contributed by atoms with Crippen molar-refractivity contribution in [2.24, 2.45) is 0 Å². The van der Waals surface area contributed by atoms with E-state index in [4.69, 9.17) is 4.74 Å². The molecule has 1 atom stereocenters. The molecule has 0 amide bonds. The van der Waals surface area contributed by atoms with Gasteiger partial charge in [-0.15, -0.1) is 0 Å². The highest BCUT2D eigenvalue weighted by molar-refractivity contribution is 9.10. The summed E-state index contributed by atoms with van der Waals surface area (Å²) in [6.45, 7) is 5.30. The summed E-state index contributed by atoms with van der Waals surface area (Å²) < 4.78 is 6.59. The summed E-state index contributed by atoms with van der Waals surface area (Å²) in [6.07, 6.45) is 3.69. The number of rotatable bonds is 4. The van der Waals surface area contributed by atoms with Gasteiger partial charge in [0.15, 0.2) is 0 Å². The van der Waals surface area contributed by atoms with E-state index in [1.165, 1.54) is 37.9 Å². The number of nitrogens with zero attached hydrogens (tertiary/aromatic N) is 1. The predicted molar refractivity (Wildman–Crippen MR) is 84.8 cm³/mol. The Labute approximate surface area is 129 Å². The van der Waals surface area contributed by atoms with Gasteiger partial charge in [-0.05, 0) is 50.0 Å². The van der Waals surface area contributed by atoms with E-state index in [0.29, 0.717) is 12.1 Å². The zero-order chi connectivity index (χ0) is 13.8. The summed E-state index contributed by atoms with van der Waals surface area (Å²) in [5.74, 6) is 0. The van der Waals surface area contributed by atoms with E-state index in [9.17, 15) is 0 Å². The van der Waals surface area contributed by atoms with Crippen molar-refractivity contribution >= 4 is 15.9 Å². The van der Waals surface area contributed by atoms with Crippen LogP contribution in [-0.4, -0.2) is 43.3 Å². The molecule has 3 nitrogen and oxygen atoms in total. The molecule has 0 aliphatic carbocycles. The van der Waals surface area contributed by atoms with Crippen molar-refractivity contribution in [1.29, 1.82) is 0 Å². The lowest BCUT2D eigenvalue weighted by atomic mass is 10.0. The van der Waals surface area contributed by atoms with Gasteiger partial charge in [0.2, 0.25) is 0 Å².